The van der Waals surface area contributed by atoms with E-state index in [0.717, 1.165) is 0 Å². The highest BCUT2D eigenvalue weighted by atomic mass is 79.9. The summed E-state index contributed by atoms with van der Waals surface area (Å²) >= 11 is 3.05. The molecule has 0 unspecified atom stereocenters. The summed E-state index contributed by atoms with van der Waals surface area (Å²) in [4.78, 5) is 12.1. The Hall–Kier alpha value is -1.89. The van der Waals surface area contributed by atoms with Gasteiger partial charge in [-0.15, -0.1) is 0 Å². The lowest BCUT2D eigenvalue weighted by molar-refractivity contribution is 0.101. The monoisotopic (exact) mass is 326 g/mol. The van der Waals surface area contributed by atoms with Crippen molar-refractivity contribution in [2.45, 2.75) is 6.92 Å². The molecule has 7 heteroatoms. The minimum atomic E-state index is -0.452. The Bertz CT molecular complexity index is 653. The van der Waals surface area contributed by atoms with Gasteiger partial charge in [-0.2, -0.15) is 5.10 Å². The van der Waals surface area contributed by atoms with Crippen LogP contribution < -0.4 is 11.1 Å². The molecular formula is C12H12BrFN4O. The van der Waals surface area contributed by atoms with E-state index in [4.69, 9.17) is 5.73 Å². The average molecular weight is 327 g/mol. The molecule has 0 aliphatic rings. The number of anilines is 2. The van der Waals surface area contributed by atoms with Crippen molar-refractivity contribution in [1.29, 1.82) is 0 Å². The molecule has 1 aromatic heterocycles. The maximum Gasteiger partial charge on any atom is 0.276 e. The van der Waals surface area contributed by atoms with Crippen LogP contribution in [0.1, 0.15) is 16.2 Å². The first kappa shape index (κ1) is 13.5. The van der Waals surface area contributed by atoms with Crippen LogP contribution in [0.5, 0.6) is 0 Å². The van der Waals surface area contributed by atoms with Gasteiger partial charge in [-0.1, -0.05) is 0 Å². The first-order valence-electron chi connectivity index (χ1n) is 5.45. The first-order chi connectivity index (χ1) is 8.90. The zero-order valence-electron chi connectivity index (χ0n) is 10.4. The maximum absolute atomic E-state index is 13.4. The van der Waals surface area contributed by atoms with Gasteiger partial charge in [0, 0.05) is 12.7 Å². The van der Waals surface area contributed by atoms with Crippen molar-refractivity contribution in [2.75, 3.05) is 11.1 Å². The number of hydrogen-bond acceptors (Lipinski definition) is 3. The molecule has 0 atom stereocenters. The largest absolute Gasteiger partial charge is 0.395 e. The van der Waals surface area contributed by atoms with E-state index in [2.05, 4.69) is 26.3 Å². The van der Waals surface area contributed by atoms with Gasteiger partial charge in [-0.3, -0.25) is 9.48 Å². The predicted octanol–water partition coefficient (Wildman–Crippen LogP) is 2.46. The Morgan fingerprint density at radius 3 is 2.74 bits per heavy atom. The molecule has 0 aliphatic heterocycles. The second-order valence-corrected chi connectivity index (χ2v) is 4.91. The van der Waals surface area contributed by atoms with Crippen LogP contribution in [0, 0.1) is 12.7 Å². The fourth-order valence-electron chi connectivity index (χ4n) is 1.71. The van der Waals surface area contributed by atoms with Crippen LogP contribution in [-0.2, 0) is 7.05 Å². The average Bonchev–Trinajstić information content (AvgIpc) is 2.58. The standard InChI is InChI=1S/C12H12BrFN4O/c1-6-10(15)11(18(2)17-6)12(19)16-7-3-4-8(13)9(14)5-7/h3-5H,15H2,1-2H3,(H,16,19). The smallest absolute Gasteiger partial charge is 0.276 e. The van der Waals surface area contributed by atoms with Gasteiger partial charge in [0.25, 0.3) is 5.91 Å². The summed E-state index contributed by atoms with van der Waals surface area (Å²) in [5, 5.41) is 6.63. The van der Waals surface area contributed by atoms with Gasteiger partial charge in [0.05, 0.1) is 15.9 Å². The molecular weight excluding hydrogens is 315 g/mol. The minimum absolute atomic E-state index is 0.251. The molecule has 3 N–H and O–H groups in total. The molecule has 0 fully saturated rings. The zero-order chi connectivity index (χ0) is 14.2. The Balaban J connectivity index is 2.28. The van der Waals surface area contributed by atoms with E-state index in [-0.39, 0.29) is 5.69 Å². The molecule has 100 valence electrons. The summed E-state index contributed by atoms with van der Waals surface area (Å²) in [6, 6.07) is 4.33. The zero-order valence-corrected chi connectivity index (χ0v) is 12.0. The number of hydrogen-bond donors (Lipinski definition) is 2. The summed E-state index contributed by atoms with van der Waals surface area (Å²) < 4.78 is 15.1. The Morgan fingerprint density at radius 1 is 1.53 bits per heavy atom. The second-order valence-electron chi connectivity index (χ2n) is 4.05. The SMILES string of the molecule is Cc1nn(C)c(C(=O)Nc2ccc(Br)c(F)c2)c1N. The number of nitrogen functional groups attached to an aromatic ring is 1. The van der Waals surface area contributed by atoms with Crippen LogP contribution in [0.15, 0.2) is 22.7 Å². The summed E-state index contributed by atoms with van der Waals surface area (Å²) in [5.74, 6) is -0.880. The van der Waals surface area contributed by atoms with E-state index in [1.54, 1.807) is 20.0 Å². The van der Waals surface area contributed by atoms with Crippen LogP contribution in [0.25, 0.3) is 0 Å². The highest BCUT2D eigenvalue weighted by Gasteiger charge is 2.18. The Kier molecular flexibility index (Phi) is 3.57. The molecule has 0 saturated carbocycles. The fraction of sp³-hybridized carbons (Fsp3) is 0.167. The number of nitrogens with two attached hydrogens (primary N) is 1. The van der Waals surface area contributed by atoms with Crippen molar-refractivity contribution in [3.63, 3.8) is 0 Å². The number of carbonyl (C=O) groups excluding carboxylic acids is 1. The van der Waals surface area contributed by atoms with Crippen molar-refractivity contribution in [2.24, 2.45) is 7.05 Å². The Labute approximate surface area is 117 Å². The molecule has 1 aromatic carbocycles. The van der Waals surface area contributed by atoms with Crippen LogP contribution in [-0.4, -0.2) is 15.7 Å². The topological polar surface area (TPSA) is 72.9 Å². The summed E-state index contributed by atoms with van der Waals surface area (Å²) in [5.41, 5.74) is 7.28. The molecule has 0 saturated heterocycles. The lowest BCUT2D eigenvalue weighted by Gasteiger charge is -2.07. The normalized spacial score (nSPS) is 10.5. The van der Waals surface area contributed by atoms with E-state index in [1.165, 1.54) is 16.8 Å². The molecule has 2 rings (SSSR count). The van der Waals surface area contributed by atoms with Gasteiger partial charge in [-0.25, -0.2) is 4.39 Å². The first-order valence-corrected chi connectivity index (χ1v) is 6.25. The third-order valence-corrected chi connectivity index (χ3v) is 3.30. The molecule has 0 bridgehead atoms. The van der Waals surface area contributed by atoms with Crippen molar-refractivity contribution < 1.29 is 9.18 Å². The van der Waals surface area contributed by atoms with Gasteiger partial charge in [0.2, 0.25) is 0 Å². The lowest BCUT2D eigenvalue weighted by Crippen LogP contribution is -2.17. The lowest BCUT2D eigenvalue weighted by atomic mass is 10.2. The predicted molar refractivity (Wildman–Crippen MR) is 74.4 cm³/mol. The molecule has 2 aromatic rings. The van der Waals surface area contributed by atoms with E-state index in [1.807, 2.05) is 0 Å². The number of amides is 1. The second kappa shape index (κ2) is 5.00. The summed E-state index contributed by atoms with van der Waals surface area (Å²) in [6.45, 7) is 1.71. The summed E-state index contributed by atoms with van der Waals surface area (Å²) in [7, 11) is 1.63. The number of aromatic nitrogens is 2. The number of nitrogens with zero attached hydrogens (tertiary/aromatic N) is 2. The van der Waals surface area contributed by atoms with Gasteiger partial charge in [0.1, 0.15) is 11.5 Å². The minimum Gasteiger partial charge on any atom is -0.395 e. The maximum atomic E-state index is 13.4. The quantitative estimate of drug-likeness (QED) is 0.890. The van der Waals surface area contributed by atoms with Crippen molar-refractivity contribution in [3.05, 3.63) is 39.9 Å². The van der Waals surface area contributed by atoms with E-state index in [0.29, 0.717) is 21.5 Å². The van der Waals surface area contributed by atoms with Gasteiger partial charge >= 0.3 is 0 Å². The van der Waals surface area contributed by atoms with Crippen molar-refractivity contribution in [1.82, 2.24) is 9.78 Å². The molecule has 5 nitrogen and oxygen atoms in total. The van der Waals surface area contributed by atoms with Crippen LogP contribution in [0.4, 0.5) is 15.8 Å². The number of aryl methyl sites for hydroxylation is 2. The Morgan fingerprint density at radius 2 is 2.21 bits per heavy atom. The van der Waals surface area contributed by atoms with Crippen LogP contribution in [0.3, 0.4) is 0 Å². The molecule has 19 heavy (non-hydrogen) atoms. The molecule has 1 amide bonds. The number of halogens is 2. The van der Waals surface area contributed by atoms with Gasteiger partial charge in [0.15, 0.2) is 0 Å². The third-order valence-electron chi connectivity index (χ3n) is 2.66. The highest BCUT2D eigenvalue weighted by molar-refractivity contribution is 9.10. The summed E-state index contributed by atoms with van der Waals surface area (Å²) in [6.07, 6.45) is 0. The molecule has 1 heterocycles. The molecule has 0 aliphatic carbocycles. The van der Waals surface area contributed by atoms with Crippen molar-refractivity contribution in [3.8, 4) is 0 Å². The van der Waals surface area contributed by atoms with Crippen molar-refractivity contribution >= 4 is 33.2 Å². The number of carbonyl (C=O) groups is 1. The number of rotatable bonds is 2. The van der Waals surface area contributed by atoms with E-state index < -0.39 is 11.7 Å². The molecule has 0 spiro atoms. The van der Waals surface area contributed by atoms with Gasteiger partial charge < -0.3 is 11.1 Å². The number of benzene rings is 1. The van der Waals surface area contributed by atoms with Gasteiger partial charge in [-0.05, 0) is 41.1 Å². The number of nitrogens with one attached hydrogen (secondary N) is 1. The van der Waals surface area contributed by atoms with Crippen LogP contribution >= 0.6 is 15.9 Å². The van der Waals surface area contributed by atoms with Crippen LogP contribution in [0.2, 0.25) is 0 Å². The third kappa shape index (κ3) is 2.60. The molecule has 0 radical (unpaired) electrons. The highest BCUT2D eigenvalue weighted by Crippen LogP contribution is 2.21. The fourth-order valence-corrected chi connectivity index (χ4v) is 1.95. The van der Waals surface area contributed by atoms with E-state index >= 15 is 0 Å². The van der Waals surface area contributed by atoms with E-state index in [9.17, 15) is 9.18 Å².